The van der Waals surface area contributed by atoms with Gasteiger partial charge < -0.3 is 20.3 Å². The van der Waals surface area contributed by atoms with Crippen LogP contribution in [-0.2, 0) is 19.1 Å². The highest BCUT2D eigenvalue weighted by Crippen LogP contribution is 2.43. The third-order valence-corrected chi connectivity index (χ3v) is 4.61. The normalized spacial score (nSPS) is 16.6. The molecule has 0 aromatic carbocycles. The van der Waals surface area contributed by atoms with Crippen molar-refractivity contribution in [1.82, 2.24) is 0 Å². The lowest BCUT2D eigenvalue weighted by Gasteiger charge is -2.44. The molecule has 0 aliphatic heterocycles. The maximum absolute atomic E-state index is 11.8. The van der Waals surface area contributed by atoms with Crippen molar-refractivity contribution in [2.45, 2.75) is 53.5 Å². The minimum Gasteiger partial charge on any atom is -0.465 e. The van der Waals surface area contributed by atoms with E-state index in [1.807, 2.05) is 27.7 Å². The van der Waals surface area contributed by atoms with Gasteiger partial charge in [0.1, 0.15) is 0 Å². The van der Waals surface area contributed by atoms with E-state index in [4.69, 9.17) is 15.2 Å². The topological polar surface area (TPSA) is 98.9 Å². The number of carbonyl (C=O) groups is 2. The van der Waals surface area contributed by atoms with Gasteiger partial charge >= 0.3 is 11.9 Å². The van der Waals surface area contributed by atoms with Crippen LogP contribution in [0.4, 0.5) is 0 Å². The zero-order valence-electron chi connectivity index (χ0n) is 15.6. The summed E-state index contributed by atoms with van der Waals surface area (Å²) in [7, 11) is 0. The lowest BCUT2D eigenvalue weighted by Crippen LogP contribution is -2.46. The molecule has 0 aromatic heterocycles. The predicted octanol–water partition coefficient (Wildman–Crippen LogP) is 2.05. The van der Waals surface area contributed by atoms with Crippen molar-refractivity contribution in [3.63, 3.8) is 0 Å². The number of hydrogen-bond donors (Lipinski definition) is 2. The molecule has 0 amide bonds. The van der Waals surface area contributed by atoms with Crippen LogP contribution < -0.4 is 5.73 Å². The maximum atomic E-state index is 11.8. The molecular formula is C18H33NO5. The zero-order valence-corrected chi connectivity index (χ0v) is 15.6. The number of esters is 2. The third-order valence-electron chi connectivity index (χ3n) is 4.61. The van der Waals surface area contributed by atoms with Gasteiger partial charge in [-0.05, 0) is 18.8 Å². The highest BCUT2D eigenvalue weighted by molar-refractivity contribution is 5.81. The molecule has 0 aliphatic carbocycles. The standard InChI is InChI=1S/C18H33NO5/c1-7-15(21)24-12-18(6,8-2)14(17(4,5)11-20)10-23-16(22)9-13(3)19/h7,13-14,20H,1,8-12,19H2,2-6H3. The molecule has 0 heterocycles. The largest absolute Gasteiger partial charge is 0.465 e. The van der Waals surface area contributed by atoms with Crippen LogP contribution in [0, 0.1) is 16.7 Å². The van der Waals surface area contributed by atoms with E-state index in [1.54, 1.807) is 6.92 Å². The fraction of sp³-hybridized carbons (Fsp3) is 0.778. The third kappa shape index (κ3) is 7.01. The number of aliphatic hydroxyl groups is 1. The summed E-state index contributed by atoms with van der Waals surface area (Å²) in [4.78, 5) is 23.3. The van der Waals surface area contributed by atoms with Crippen molar-refractivity contribution in [3.05, 3.63) is 12.7 Å². The van der Waals surface area contributed by atoms with Crippen LogP contribution in [0.25, 0.3) is 0 Å². The van der Waals surface area contributed by atoms with E-state index in [0.29, 0.717) is 6.42 Å². The van der Waals surface area contributed by atoms with E-state index in [1.165, 1.54) is 0 Å². The van der Waals surface area contributed by atoms with E-state index >= 15 is 0 Å². The Labute approximate surface area is 145 Å². The lowest BCUT2D eigenvalue weighted by atomic mass is 9.63. The van der Waals surface area contributed by atoms with Crippen LogP contribution >= 0.6 is 0 Å². The van der Waals surface area contributed by atoms with Gasteiger partial charge in [-0.2, -0.15) is 0 Å². The fourth-order valence-electron chi connectivity index (χ4n) is 2.72. The van der Waals surface area contributed by atoms with Crippen molar-refractivity contribution in [3.8, 4) is 0 Å². The molecule has 0 saturated carbocycles. The number of rotatable bonds is 11. The van der Waals surface area contributed by atoms with Crippen LogP contribution in [0.15, 0.2) is 12.7 Å². The Morgan fingerprint density at radius 3 is 2.29 bits per heavy atom. The first-order valence-electron chi connectivity index (χ1n) is 8.33. The highest BCUT2D eigenvalue weighted by Gasteiger charge is 2.44. The second-order valence-corrected chi connectivity index (χ2v) is 7.38. The molecule has 24 heavy (non-hydrogen) atoms. The molecule has 140 valence electrons. The second-order valence-electron chi connectivity index (χ2n) is 7.38. The van der Waals surface area contributed by atoms with Gasteiger partial charge in [0.25, 0.3) is 0 Å². The smallest absolute Gasteiger partial charge is 0.330 e. The summed E-state index contributed by atoms with van der Waals surface area (Å²) in [5.74, 6) is -1.07. The van der Waals surface area contributed by atoms with Crippen molar-refractivity contribution >= 4 is 11.9 Å². The average molecular weight is 343 g/mol. The van der Waals surface area contributed by atoms with Crippen molar-refractivity contribution in [1.29, 1.82) is 0 Å². The minimum absolute atomic E-state index is 0.0759. The molecule has 0 aliphatic rings. The molecular weight excluding hydrogens is 310 g/mol. The lowest BCUT2D eigenvalue weighted by molar-refractivity contribution is -0.156. The SMILES string of the molecule is C=CC(=O)OCC(C)(CC)C(COC(=O)CC(C)N)C(C)(C)CO. The number of ether oxygens (including phenoxy) is 2. The average Bonchev–Trinajstić information content (AvgIpc) is 2.51. The Morgan fingerprint density at radius 2 is 1.88 bits per heavy atom. The number of nitrogens with two attached hydrogens (primary N) is 1. The molecule has 0 spiro atoms. The van der Waals surface area contributed by atoms with Gasteiger partial charge in [-0.1, -0.05) is 34.3 Å². The van der Waals surface area contributed by atoms with Gasteiger partial charge in [-0.15, -0.1) is 0 Å². The first kappa shape index (κ1) is 22.6. The predicted molar refractivity (Wildman–Crippen MR) is 93.1 cm³/mol. The van der Waals surface area contributed by atoms with Crippen molar-refractivity contribution in [2.75, 3.05) is 19.8 Å². The molecule has 0 fully saturated rings. The van der Waals surface area contributed by atoms with Crippen LogP contribution in [0.3, 0.4) is 0 Å². The van der Waals surface area contributed by atoms with Crippen LogP contribution in [0.1, 0.15) is 47.5 Å². The summed E-state index contributed by atoms with van der Waals surface area (Å²) in [5, 5.41) is 9.77. The molecule has 0 aromatic rings. The number of hydrogen-bond acceptors (Lipinski definition) is 6. The Morgan fingerprint density at radius 1 is 1.29 bits per heavy atom. The Balaban J connectivity index is 5.24. The van der Waals surface area contributed by atoms with Gasteiger partial charge in [0, 0.05) is 30.1 Å². The first-order valence-corrected chi connectivity index (χ1v) is 8.33. The van der Waals surface area contributed by atoms with Crippen LogP contribution in [0.5, 0.6) is 0 Å². The van der Waals surface area contributed by atoms with Gasteiger partial charge in [0.05, 0.1) is 19.6 Å². The molecule has 6 nitrogen and oxygen atoms in total. The maximum Gasteiger partial charge on any atom is 0.330 e. The summed E-state index contributed by atoms with van der Waals surface area (Å²) in [6.45, 7) is 13.1. The second kappa shape index (κ2) is 9.79. The molecule has 0 saturated heterocycles. The van der Waals surface area contributed by atoms with Crippen molar-refractivity contribution < 1.29 is 24.2 Å². The van der Waals surface area contributed by atoms with Gasteiger partial charge in [-0.3, -0.25) is 4.79 Å². The first-order chi connectivity index (χ1) is 11.0. The summed E-state index contributed by atoms with van der Waals surface area (Å²) in [5.41, 5.74) is 4.64. The number of carbonyl (C=O) groups excluding carboxylic acids is 2. The molecule has 0 bridgehead atoms. The van der Waals surface area contributed by atoms with E-state index in [2.05, 4.69) is 6.58 Å². The zero-order chi connectivity index (χ0) is 19.0. The van der Waals surface area contributed by atoms with Gasteiger partial charge in [0.2, 0.25) is 0 Å². The summed E-state index contributed by atoms with van der Waals surface area (Å²) in [6.07, 6.45) is 1.95. The summed E-state index contributed by atoms with van der Waals surface area (Å²) in [6, 6.07) is -0.270. The number of aliphatic hydroxyl groups excluding tert-OH is 1. The Hall–Kier alpha value is -1.40. The van der Waals surface area contributed by atoms with E-state index in [0.717, 1.165) is 6.08 Å². The van der Waals surface area contributed by atoms with Crippen LogP contribution in [0.2, 0.25) is 0 Å². The van der Waals surface area contributed by atoms with E-state index in [9.17, 15) is 14.7 Å². The molecule has 3 atom stereocenters. The summed E-state index contributed by atoms with van der Waals surface area (Å²) < 4.78 is 10.6. The quantitative estimate of drug-likeness (QED) is 0.440. The van der Waals surface area contributed by atoms with Gasteiger partial charge in [-0.25, -0.2) is 4.79 Å². The monoisotopic (exact) mass is 343 g/mol. The molecule has 3 N–H and O–H groups in total. The van der Waals surface area contributed by atoms with Gasteiger partial charge in [0.15, 0.2) is 0 Å². The minimum atomic E-state index is -0.514. The molecule has 3 unspecified atom stereocenters. The molecule has 0 rings (SSSR count). The van der Waals surface area contributed by atoms with Crippen molar-refractivity contribution in [2.24, 2.45) is 22.5 Å². The van der Waals surface area contributed by atoms with Crippen LogP contribution in [-0.4, -0.2) is 42.9 Å². The fourth-order valence-corrected chi connectivity index (χ4v) is 2.72. The highest BCUT2D eigenvalue weighted by atomic mass is 16.5. The summed E-state index contributed by atoms with van der Waals surface area (Å²) >= 11 is 0. The Bertz CT molecular complexity index is 433. The van der Waals surface area contributed by atoms with E-state index < -0.39 is 16.8 Å². The Kier molecular flexibility index (Phi) is 9.22. The van der Waals surface area contributed by atoms with E-state index in [-0.39, 0.29) is 44.2 Å². The molecule has 0 radical (unpaired) electrons. The molecule has 6 heteroatoms.